The fourth-order valence-corrected chi connectivity index (χ4v) is 2.32. The lowest BCUT2D eigenvalue weighted by Gasteiger charge is -2.19. The normalized spacial score (nSPS) is 11.0. The molecule has 0 saturated carbocycles. The van der Waals surface area contributed by atoms with Gasteiger partial charge in [0.15, 0.2) is 0 Å². The lowest BCUT2D eigenvalue weighted by molar-refractivity contribution is -0.384. The van der Waals surface area contributed by atoms with E-state index in [1.165, 1.54) is 12.1 Å². The maximum absolute atomic E-state index is 11.7. The third kappa shape index (κ3) is 5.56. The number of carbonyl (C=O) groups excluding carboxylic acids is 1. The summed E-state index contributed by atoms with van der Waals surface area (Å²) >= 11 is 0. The summed E-state index contributed by atoms with van der Waals surface area (Å²) < 4.78 is 5.18. The molecule has 0 atom stereocenters. The Morgan fingerprint density at radius 1 is 1.32 bits per heavy atom. The lowest BCUT2D eigenvalue weighted by atomic mass is 9.98. The van der Waals surface area contributed by atoms with Crippen molar-refractivity contribution in [2.24, 2.45) is 0 Å². The Kier molecular flexibility index (Phi) is 5.69. The van der Waals surface area contributed by atoms with Crippen LogP contribution < -0.4 is 5.32 Å². The van der Waals surface area contributed by atoms with Crippen molar-refractivity contribution in [1.82, 2.24) is 10.3 Å². The molecule has 7 heteroatoms. The van der Waals surface area contributed by atoms with E-state index in [1.54, 1.807) is 45.3 Å². The van der Waals surface area contributed by atoms with Gasteiger partial charge in [-0.1, -0.05) is 6.07 Å². The van der Waals surface area contributed by atoms with Crippen LogP contribution in [0.15, 0.2) is 42.7 Å². The summed E-state index contributed by atoms with van der Waals surface area (Å²) in [4.78, 5) is 26.4. The van der Waals surface area contributed by atoms with Gasteiger partial charge in [0.1, 0.15) is 5.60 Å². The predicted molar refractivity (Wildman–Crippen MR) is 94.3 cm³/mol. The molecular formula is C18H21N3O4. The highest BCUT2D eigenvalue weighted by Crippen LogP contribution is 2.27. The molecule has 0 bridgehead atoms. The van der Waals surface area contributed by atoms with Crippen LogP contribution in [0.5, 0.6) is 0 Å². The van der Waals surface area contributed by atoms with Crippen LogP contribution in [0, 0.1) is 10.1 Å². The Morgan fingerprint density at radius 2 is 2.08 bits per heavy atom. The van der Waals surface area contributed by atoms with Crippen molar-refractivity contribution in [3.63, 3.8) is 0 Å². The molecule has 1 N–H and O–H groups in total. The van der Waals surface area contributed by atoms with Crippen LogP contribution in [0.25, 0.3) is 11.1 Å². The van der Waals surface area contributed by atoms with Gasteiger partial charge in [-0.15, -0.1) is 0 Å². The van der Waals surface area contributed by atoms with E-state index in [4.69, 9.17) is 4.74 Å². The minimum absolute atomic E-state index is 0.0138. The van der Waals surface area contributed by atoms with Crippen molar-refractivity contribution >= 4 is 11.8 Å². The van der Waals surface area contributed by atoms with Gasteiger partial charge in [-0.05, 0) is 50.5 Å². The minimum atomic E-state index is -0.573. The van der Waals surface area contributed by atoms with Crippen LogP contribution >= 0.6 is 0 Å². The van der Waals surface area contributed by atoms with Gasteiger partial charge in [0.05, 0.1) is 4.92 Å². The van der Waals surface area contributed by atoms with Crippen molar-refractivity contribution in [2.45, 2.75) is 32.8 Å². The average Bonchev–Trinajstić information content (AvgIpc) is 2.54. The SMILES string of the molecule is CC(C)(C)OC(=O)NCCc1cc([N+](=O)[O-])ccc1-c1cccnc1. The van der Waals surface area contributed by atoms with Gasteiger partial charge in [-0.25, -0.2) is 4.79 Å². The Labute approximate surface area is 146 Å². The summed E-state index contributed by atoms with van der Waals surface area (Å²) in [7, 11) is 0. The second-order valence-electron chi connectivity index (χ2n) is 6.52. The van der Waals surface area contributed by atoms with Gasteiger partial charge in [-0.3, -0.25) is 15.1 Å². The standard InChI is InChI=1S/C18H21N3O4/c1-18(2,3)25-17(22)20-10-8-13-11-15(21(23)24)6-7-16(13)14-5-4-9-19-12-14/h4-7,9,11-12H,8,10H2,1-3H3,(H,20,22). The highest BCUT2D eigenvalue weighted by molar-refractivity contribution is 5.69. The number of nitro benzene ring substituents is 1. The van der Waals surface area contributed by atoms with E-state index in [1.807, 2.05) is 6.07 Å². The van der Waals surface area contributed by atoms with E-state index < -0.39 is 16.6 Å². The first-order valence-electron chi connectivity index (χ1n) is 7.91. The summed E-state index contributed by atoms with van der Waals surface area (Å²) in [5, 5.41) is 13.7. The molecule has 0 aliphatic rings. The highest BCUT2D eigenvalue weighted by Gasteiger charge is 2.16. The monoisotopic (exact) mass is 343 g/mol. The number of hydrogen-bond donors (Lipinski definition) is 1. The predicted octanol–water partition coefficient (Wildman–Crippen LogP) is 3.72. The minimum Gasteiger partial charge on any atom is -0.444 e. The third-order valence-electron chi connectivity index (χ3n) is 3.33. The van der Waals surface area contributed by atoms with Crippen molar-refractivity contribution in [1.29, 1.82) is 0 Å². The van der Waals surface area contributed by atoms with Crippen LogP contribution in [0.4, 0.5) is 10.5 Å². The first kappa shape index (κ1) is 18.4. The highest BCUT2D eigenvalue weighted by atomic mass is 16.6. The van der Waals surface area contributed by atoms with Crippen molar-refractivity contribution in [3.05, 3.63) is 58.4 Å². The Morgan fingerprint density at radius 3 is 2.68 bits per heavy atom. The number of carbonyl (C=O) groups is 1. The van der Waals surface area contributed by atoms with Crippen LogP contribution in [-0.4, -0.2) is 28.1 Å². The number of benzene rings is 1. The molecule has 1 aromatic heterocycles. The molecular weight excluding hydrogens is 322 g/mol. The average molecular weight is 343 g/mol. The summed E-state index contributed by atoms with van der Waals surface area (Å²) in [5.41, 5.74) is 1.92. The molecule has 0 unspecified atom stereocenters. The topological polar surface area (TPSA) is 94.4 Å². The molecule has 0 fully saturated rings. The zero-order chi connectivity index (χ0) is 18.4. The first-order chi connectivity index (χ1) is 11.8. The van der Waals surface area contributed by atoms with Gasteiger partial charge >= 0.3 is 6.09 Å². The largest absolute Gasteiger partial charge is 0.444 e. The number of aromatic nitrogens is 1. The summed E-state index contributed by atoms with van der Waals surface area (Å²) in [6.45, 7) is 5.66. The number of rotatable bonds is 5. The molecule has 1 heterocycles. The Hall–Kier alpha value is -2.96. The third-order valence-corrected chi connectivity index (χ3v) is 3.33. The van der Waals surface area contributed by atoms with Crippen LogP contribution in [0.3, 0.4) is 0 Å². The molecule has 2 aromatic rings. The quantitative estimate of drug-likeness (QED) is 0.659. The molecule has 0 saturated heterocycles. The zero-order valence-corrected chi connectivity index (χ0v) is 14.5. The zero-order valence-electron chi connectivity index (χ0n) is 14.5. The molecule has 2 rings (SSSR count). The number of ether oxygens (including phenoxy) is 1. The van der Waals surface area contributed by atoms with Crippen LogP contribution in [0.2, 0.25) is 0 Å². The number of non-ortho nitro benzene ring substituents is 1. The number of hydrogen-bond acceptors (Lipinski definition) is 5. The van der Waals surface area contributed by atoms with Crippen LogP contribution in [0.1, 0.15) is 26.3 Å². The maximum atomic E-state index is 11.7. The Balaban J connectivity index is 2.16. The number of nitro groups is 1. The first-order valence-corrected chi connectivity index (χ1v) is 7.91. The molecule has 132 valence electrons. The number of pyridine rings is 1. The van der Waals surface area contributed by atoms with E-state index in [-0.39, 0.29) is 5.69 Å². The second-order valence-corrected chi connectivity index (χ2v) is 6.52. The number of nitrogens with one attached hydrogen (secondary N) is 1. The van der Waals surface area contributed by atoms with Crippen LogP contribution in [-0.2, 0) is 11.2 Å². The molecule has 7 nitrogen and oxygen atoms in total. The molecule has 0 aliphatic carbocycles. The van der Waals surface area contributed by atoms with Crippen molar-refractivity contribution in [3.8, 4) is 11.1 Å². The van der Waals surface area contributed by atoms with E-state index in [2.05, 4.69) is 10.3 Å². The molecule has 0 aliphatic heterocycles. The number of alkyl carbamates (subject to hydrolysis) is 1. The van der Waals surface area contributed by atoms with E-state index in [9.17, 15) is 14.9 Å². The van der Waals surface area contributed by atoms with E-state index in [0.717, 1.165) is 16.7 Å². The summed E-state index contributed by atoms with van der Waals surface area (Å²) in [6, 6.07) is 8.39. The van der Waals surface area contributed by atoms with Gasteiger partial charge < -0.3 is 10.1 Å². The molecule has 1 aromatic carbocycles. The van der Waals surface area contributed by atoms with Crippen molar-refractivity contribution in [2.75, 3.05) is 6.54 Å². The summed E-state index contributed by atoms with van der Waals surface area (Å²) in [6.07, 6.45) is 3.29. The van der Waals surface area contributed by atoms with Gasteiger partial charge in [0.2, 0.25) is 0 Å². The fourth-order valence-electron chi connectivity index (χ4n) is 2.32. The molecule has 1 amide bonds. The lowest BCUT2D eigenvalue weighted by Crippen LogP contribution is -2.33. The Bertz CT molecular complexity index is 755. The molecule has 0 radical (unpaired) electrons. The molecule has 0 spiro atoms. The number of nitrogens with zero attached hydrogens (tertiary/aromatic N) is 2. The van der Waals surface area contributed by atoms with Gasteiger partial charge in [-0.2, -0.15) is 0 Å². The maximum Gasteiger partial charge on any atom is 0.407 e. The second kappa shape index (κ2) is 7.74. The fraction of sp³-hybridized carbons (Fsp3) is 0.333. The van der Waals surface area contributed by atoms with Crippen molar-refractivity contribution < 1.29 is 14.5 Å². The molecule has 25 heavy (non-hydrogen) atoms. The van der Waals surface area contributed by atoms with E-state index in [0.29, 0.717) is 13.0 Å². The number of amides is 1. The smallest absolute Gasteiger partial charge is 0.407 e. The summed E-state index contributed by atoms with van der Waals surface area (Å²) in [5.74, 6) is 0. The van der Waals surface area contributed by atoms with Gasteiger partial charge in [0, 0.05) is 36.6 Å². The van der Waals surface area contributed by atoms with Gasteiger partial charge in [0.25, 0.3) is 5.69 Å². The van der Waals surface area contributed by atoms with E-state index >= 15 is 0 Å².